The SMILES string of the molecule is CCN(CCNC(=NC)NCC1(c2ccccc2)CC1)C1CC1.I. The van der Waals surface area contributed by atoms with E-state index in [4.69, 9.17) is 0 Å². The van der Waals surface area contributed by atoms with Crippen LogP contribution >= 0.6 is 24.0 Å². The molecule has 3 rings (SSSR count). The first kappa shape index (κ1) is 19.5. The van der Waals surface area contributed by atoms with E-state index < -0.39 is 0 Å². The lowest BCUT2D eigenvalue weighted by Crippen LogP contribution is -2.44. The van der Waals surface area contributed by atoms with Gasteiger partial charge >= 0.3 is 0 Å². The number of likely N-dealkylation sites (N-methyl/N-ethyl adjacent to an activating group) is 1. The standard InChI is InChI=1S/C19H30N4.HI/c1-3-23(17-9-10-17)14-13-21-18(20-2)22-15-19(11-12-19)16-7-5-4-6-8-16;/h4-8,17H,3,9-15H2,1-2H3,(H2,20,21,22);1H. The Bertz CT molecular complexity index is 523. The molecule has 2 N–H and O–H groups in total. The number of benzene rings is 1. The molecular weight excluding hydrogens is 411 g/mol. The Labute approximate surface area is 163 Å². The van der Waals surface area contributed by atoms with E-state index in [9.17, 15) is 0 Å². The van der Waals surface area contributed by atoms with Gasteiger partial charge in [-0.2, -0.15) is 0 Å². The Hall–Kier alpha value is -0.820. The third kappa shape index (κ3) is 5.09. The highest BCUT2D eigenvalue weighted by Gasteiger charge is 2.44. The number of nitrogens with one attached hydrogen (secondary N) is 2. The summed E-state index contributed by atoms with van der Waals surface area (Å²) in [6.07, 6.45) is 5.29. The van der Waals surface area contributed by atoms with Gasteiger partial charge in [-0.25, -0.2) is 0 Å². The van der Waals surface area contributed by atoms with Gasteiger partial charge in [0.2, 0.25) is 0 Å². The molecule has 2 saturated carbocycles. The predicted octanol–water partition coefficient (Wildman–Crippen LogP) is 2.99. The number of nitrogens with zero attached hydrogens (tertiary/aromatic N) is 2. The third-order valence-electron chi connectivity index (χ3n) is 5.22. The van der Waals surface area contributed by atoms with Crippen LogP contribution in [-0.4, -0.2) is 50.1 Å². The van der Waals surface area contributed by atoms with Crippen molar-refractivity contribution in [2.45, 2.75) is 44.1 Å². The smallest absolute Gasteiger partial charge is 0.191 e. The molecule has 1 aromatic carbocycles. The molecule has 0 aromatic heterocycles. The van der Waals surface area contributed by atoms with Crippen molar-refractivity contribution >= 4 is 29.9 Å². The first-order valence-electron chi connectivity index (χ1n) is 9.01. The highest BCUT2D eigenvalue weighted by Crippen LogP contribution is 2.47. The summed E-state index contributed by atoms with van der Waals surface area (Å²) in [6.45, 7) is 6.43. The molecule has 24 heavy (non-hydrogen) atoms. The van der Waals surface area contributed by atoms with Crippen molar-refractivity contribution in [1.82, 2.24) is 15.5 Å². The van der Waals surface area contributed by atoms with Gasteiger partial charge in [0.25, 0.3) is 0 Å². The highest BCUT2D eigenvalue weighted by atomic mass is 127. The monoisotopic (exact) mass is 442 g/mol. The molecule has 2 aliphatic rings. The van der Waals surface area contributed by atoms with Gasteiger partial charge in [-0.1, -0.05) is 37.3 Å². The summed E-state index contributed by atoms with van der Waals surface area (Å²) in [5.74, 6) is 0.930. The maximum Gasteiger partial charge on any atom is 0.191 e. The van der Waals surface area contributed by atoms with Gasteiger partial charge in [0, 0.05) is 38.1 Å². The van der Waals surface area contributed by atoms with Crippen molar-refractivity contribution in [2.24, 2.45) is 4.99 Å². The van der Waals surface area contributed by atoms with Crippen molar-refractivity contribution in [3.05, 3.63) is 35.9 Å². The number of rotatable bonds is 8. The summed E-state index contributed by atoms with van der Waals surface area (Å²) in [4.78, 5) is 6.93. The average Bonchev–Trinajstić information content (AvgIpc) is 3.49. The lowest BCUT2D eigenvalue weighted by Gasteiger charge is -2.22. The Morgan fingerprint density at radius 1 is 1.21 bits per heavy atom. The highest BCUT2D eigenvalue weighted by molar-refractivity contribution is 14.0. The fourth-order valence-corrected chi connectivity index (χ4v) is 3.34. The zero-order valence-electron chi connectivity index (χ0n) is 14.9. The van der Waals surface area contributed by atoms with E-state index in [2.05, 4.69) is 57.8 Å². The number of aliphatic imine (C=N–C) groups is 1. The third-order valence-corrected chi connectivity index (χ3v) is 5.22. The predicted molar refractivity (Wildman–Crippen MR) is 112 cm³/mol. The Morgan fingerprint density at radius 2 is 1.92 bits per heavy atom. The summed E-state index contributed by atoms with van der Waals surface area (Å²) >= 11 is 0. The molecule has 2 aliphatic carbocycles. The van der Waals surface area contributed by atoms with Gasteiger partial charge in [-0.3, -0.25) is 9.89 Å². The van der Waals surface area contributed by atoms with Gasteiger partial charge in [0.15, 0.2) is 5.96 Å². The van der Waals surface area contributed by atoms with E-state index in [1.807, 2.05) is 7.05 Å². The van der Waals surface area contributed by atoms with Crippen LogP contribution in [0.4, 0.5) is 0 Å². The van der Waals surface area contributed by atoms with Gasteiger partial charge in [0.05, 0.1) is 0 Å². The molecule has 0 bridgehead atoms. The molecular formula is C19H31IN4. The van der Waals surface area contributed by atoms with E-state index >= 15 is 0 Å². The molecule has 0 spiro atoms. The van der Waals surface area contributed by atoms with Gasteiger partial charge in [-0.05, 0) is 37.8 Å². The number of guanidine groups is 1. The normalized spacial score (nSPS) is 18.9. The van der Waals surface area contributed by atoms with Crippen LogP contribution in [0.5, 0.6) is 0 Å². The van der Waals surface area contributed by atoms with Crippen molar-refractivity contribution in [2.75, 3.05) is 33.2 Å². The molecule has 2 fully saturated rings. The Balaban J connectivity index is 0.00000208. The van der Waals surface area contributed by atoms with Crippen LogP contribution in [0.1, 0.15) is 38.2 Å². The van der Waals surface area contributed by atoms with Crippen molar-refractivity contribution in [1.29, 1.82) is 0 Å². The van der Waals surface area contributed by atoms with E-state index in [1.54, 1.807) is 0 Å². The summed E-state index contributed by atoms with van der Waals surface area (Å²) in [7, 11) is 1.86. The van der Waals surface area contributed by atoms with Gasteiger partial charge < -0.3 is 10.6 Å². The topological polar surface area (TPSA) is 39.7 Å². The largest absolute Gasteiger partial charge is 0.356 e. The molecule has 0 heterocycles. The quantitative estimate of drug-likeness (QED) is 0.370. The molecule has 0 saturated heterocycles. The molecule has 0 amide bonds. The van der Waals surface area contributed by atoms with E-state index in [1.165, 1.54) is 31.2 Å². The van der Waals surface area contributed by atoms with E-state index in [-0.39, 0.29) is 24.0 Å². The molecule has 0 unspecified atom stereocenters. The second kappa shape index (κ2) is 9.04. The molecule has 4 nitrogen and oxygen atoms in total. The fraction of sp³-hybridized carbons (Fsp3) is 0.632. The van der Waals surface area contributed by atoms with Crippen molar-refractivity contribution < 1.29 is 0 Å². The molecule has 5 heteroatoms. The second-order valence-electron chi connectivity index (χ2n) is 6.86. The average molecular weight is 442 g/mol. The number of hydrogen-bond acceptors (Lipinski definition) is 2. The minimum absolute atomic E-state index is 0. The molecule has 1 aromatic rings. The lowest BCUT2D eigenvalue weighted by molar-refractivity contribution is 0.282. The number of halogens is 1. The Morgan fingerprint density at radius 3 is 2.46 bits per heavy atom. The van der Waals surface area contributed by atoms with Crippen molar-refractivity contribution in [3.8, 4) is 0 Å². The molecule has 134 valence electrons. The van der Waals surface area contributed by atoms with Crippen molar-refractivity contribution in [3.63, 3.8) is 0 Å². The molecule has 0 atom stereocenters. The van der Waals surface area contributed by atoms with Crippen LogP contribution in [0, 0.1) is 0 Å². The van der Waals surface area contributed by atoms with Crippen LogP contribution in [0.2, 0.25) is 0 Å². The fourth-order valence-electron chi connectivity index (χ4n) is 3.34. The summed E-state index contributed by atoms with van der Waals surface area (Å²) in [5, 5.41) is 6.99. The summed E-state index contributed by atoms with van der Waals surface area (Å²) < 4.78 is 0. The van der Waals surface area contributed by atoms with Gasteiger partial charge in [-0.15, -0.1) is 24.0 Å². The maximum atomic E-state index is 4.37. The Kier molecular flexibility index (Phi) is 7.34. The summed E-state index contributed by atoms with van der Waals surface area (Å²) in [6, 6.07) is 11.7. The first-order valence-corrected chi connectivity index (χ1v) is 9.01. The van der Waals surface area contributed by atoms with Crippen LogP contribution < -0.4 is 10.6 Å². The molecule has 0 aliphatic heterocycles. The number of hydrogen-bond donors (Lipinski definition) is 2. The maximum absolute atomic E-state index is 4.37. The zero-order chi connectivity index (χ0) is 16.1. The molecule has 0 radical (unpaired) electrons. The van der Waals surface area contributed by atoms with Gasteiger partial charge in [0.1, 0.15) is 0 Å². The van der Waals surface area contributed by atoms with Crippen LogP contribution in [0.25, 0.3) is 0 Å². The summed E-state index contributed by atoms with van der Waals surface area (Å²) in [5.41, 5.74) is 1.77. The van der Waals surface area contributed by atoms with E-state index in [0.29, 0.717) is 5.41 Å². The minimum Gasteiger partial charge on any atom is -0.356 e. The van der Waals surface area contributed by atoms with E-state index in [0.717, 1.165) is 38.2 Å². The minimum atomic E-state index is 0. The van der Waals surface area contributed by atoms with Crippen LogP contribution in [0.3, 0.4) is 0 Å². The second-order valence-corrected chi connectivity index (χ2v) is 6.86. The first-order chi connectivity index (χ1) is 11.3. The lowest BCUT2D eigenvalue weighted by atomic mass is 9.96. The zero-order valence-corrected chi connectivity index (χ0v) is 17.3. The van der Waals surface area contributed by atoms with Crippen LogP contribution in [0.15, 0.2) is 35.3 Å². The van der Waals surface area contributed by atoms with Crippen LogP contribution in [-0.2, 0) is 5.41 Å².